The monoisotopic (exact) mass is 311 g/mol. The molecule has 110 valence electrons. The molecule has 4 nitrogen and oxygen atoms in total. The van der Waals surface area contributed by atoms with Crippen LogP contribution in [0.25, 0.3) is 33.6 Å². The summed E-state index contributed by atoms with van der Waals surface area (Å²) in [6.45, 7) is 3.13. The van der Waals surface area contributed by atoms with Gasteiger partial charge in [-0.2, -0.15) is 0 Å². The third kappa shape index (κ3) is 2.16. The van der Waals surface area contributed by atoms with Gasteiger partial charge in [0.2, 0.25) is 5.89 Å². The van der Waals surface area contributed by atoms with E-state index in [1.165, 1.54) is 0 Å². The van der Waals surface area contributed by atoms with Gasteiger partial charge in [-0.15, -0.1) is 0 Å². The van der Waals surface area contributed by atoms with Crippen molar-refractivity contribution >= 4 is 33.7 Å². The molecule has 0 saturated carbocycles. The summed E-state index contributed by atoms with van der Waals surface area (Å²) in [6, 6.07) is 11.5. The molecule has 0 fully saturated rings. The molecule has 2 heterocycles. The van der Waals surface area contributed by atoms with Gasteiger partial charge in [0, 0.05) is 17.1 Å². The summed E-state index contributed by atoms with van der Waals surface area (Å²) in [5, 5.41) is 0.654. The molecule has 22 heavy (non-hydrogen) atoms. The summed E-state index contributed by atoms with van der Waals surface area (Å²) >= 11 is 5.99. The number of nitrogens with zero attached hydrogens (tertiary/aromatic N) is 3. The van der Waals surface area contributed by atoms with E-state index in [0.717, 1.165) is 40.7 Å². The first-order chi connectivity index (χ1) is 10.7. The van der Waals surface area contributed by atoms with E-state index in [1.807, 2.05) is 24.5 Å². The van der Waals surface area contributed by atoms with E-state index in [-0.39, 0.29) is 0 Å². The van der Waals surface area contributed by atoms with Gasteiger partial charge >= 0.3 is 0 Å². The van der Waals surface area contributed by atoms with Gasteiger partial charge in [-0.05, 0) is 42.8 Å². The zero-order valence-electron chi connectivity index (χ0n) is 12.1. The number of oxazole rings is 1. The fourth-order valence-electron chi connectivity index (χ4n) is 2.64. The third-order valence-electron chi connectivity index (χ3n) is 3.68. The quantitative estimate of drug-likeness (QED) is 0.540. The van der Waals surface area contributed by atoms with Crippen LogP contribution in [0.5, 0.6) is 0 Å². The molecule has 0 unspecified atom stereocenters. The number of halogens is 1. The van der Waals surface area contributed by atoms with Crippen LogP contribution in [0, 0.1) is 0 Å². The first-order valence-corrected chi connectivity index (χ1v) is 7.64. The van der Waals surface area contributed by atoms with Crippen molar-refractivity contribution in [2.24, 2.45) is 0 Å². The molecule has 0 aliphatic rings. The molecule has 4 rings (SSSR count). The van der Waals surface area contributed by atoms with Gasteiger partial charge in [0.05, 0.1) is 17.4 Å². The van der Waals surface area contributed by atoms with Crippen molar-refractivity contribution in [3.63, 3.8) is 0 Å². The number of rotatable bonds is 3. The second-order valence-corrected chi connectivity index (χ2v) is 5.71. The van der Waals surface area contributed by atoms with Crippen molar-refractivity contribution in [1.82, 2.24) is 14.5 Å². The number of benzene rings is 2. The summed E-state index contributed by atoms with van der Waals surface area (Å²) in [6.07, 6.45) is 2.96. The van der Waals surface area contributed by atoms with Crippen molar-refractivity contribution in [2.45, 2.75) is 19.9 Å². The van der Waals surface area contributed by atoms with Gasteiger partial charge in [-0.1, -0.05) is 18.5 Å². The smallest absolute Gasteiger partial charge is 0.227 e. The largest absolute Gasteiger partial charge is 0.436 e. The van der Waals surface area contributed by atoms with Crippen LogP contribution in [0.2, 0.25) is 5.02 Å². The third-order valence-corrected chi connectivity index (χ3v) is 3.92. The molecule has 0 spiro atoms. The minimum Gasteiger partial charge on any atom is -0.436 e. The fourth-order valence-corrected chi connectivity index (χ4v) is 2.81. The van der Waals surface area contributed by atoms with Crippen LogP contribution in [-0.4, -0.2) is 14.5 Å². The van der Waals surface area contributed by atoms with Crippen molar-refractivity contribution in [3.8, 4) is 11.5 Å². The predicted octanol–water partition coefficient (Wildman–Crippen LogP) is 4.91. The summed E-state index contributed by atoms with van der Waals surface area (Å²) in [5.74, 6) is 0.587. The highest BCUT2D eigenvalue weighted by molar-refractivity contribution is 6.31. The summed E-state index contributed by atoms with van der Waals surface area (Å²) in [4.78, 5) is 8.97. The highest BCUT2D eigenvalue weighted by Crippen LogP contribution is 2.28. The van der Waals surface area contributed by atoms with Crippen molar-refractivity contribution < 1.29 is 4.42 Å². The molecule has 0 saturated heterocycles. The number of fused-ring (bicyclic) bond motifs is 2. The molecular formula is C17H14ClN3O. The van der Waals surface area contributed by atoms with E-state index in [1.54, 1.807) is 12.1 Å². The van der Waals surface area contributed by atoms with Crippen LogP contribution < -0.4 is 0 Å². The second kappa shape index (κ2) is 5.14. The van der Waals surface area contributed by atoms with Gasteiger partial charge in [-0.25, -0.2) is 9.97 Å². The standard InChI is InChI=1S/C17H14ClN3O/c1-2-7-21-10-19-13-8-11(3-5-15(13)21)17-20-14-9-12(18)4-6-16(14)22-17/h3-6,8-10H,2,7H2,1H3. The molecule has 0 N–H and O–H groups in total. The Morgan fingerprint density at radius 3 is 2.91 bits per heavy atom. The van der Waals surface area contributed by atoms with E-state index >= 15 is 0 Å². The average molecular weight is 312 g/mol. The molecular weight excluding hydrogens is 298 g/mol. The van der Waals surface area contributed by atoms with Crippen LogP contribution in [0.4, 0.5) is 0 Å². The van der Waals surface area contributed by atoms with E-state index in [0.29, 0.717) is 10.9 Å². The van der Waals surface area contributed by atoms with E-state index in [9.17, 15) is 0 Å². The lowest BCUT2D eigenvalue weighted by Gasteiger charge is -2.01. The number of hydrogen-bond acceptors (Lipinski definition) is 3. The Labute approximate surface area is 132 Å². The Balaban J connectivity index is 1.81. The molecule has 5 heteroatoms. The first-order valence-electron chi connectivity index (χ1n) is 7.26. The second-order valence-electron chi connectivity index (χ2n) is 5.27. The molecule has 0 bridgehead atoms. The summed E-state index contributed by atoms with van der Waals surface area (Å²) in [7, 11) is 0. The van der Waals surface area contributed by atoms with Crippen LogP contribution in [0.15, 0.2) is 47.1 Å². The topological polar surface area (TPSA) is 43.9 Å². The lowest BCUT2D eigenvalue weighted by atomic mass is 10.2. The van der Waals surface area contributed by atoms with Gasteiger partial charge < -0.3 is 8.98 Å². The molecule has 2 aromatic carbocycles. The maximum atomic E-state index is 5.99. The molecule has 0 atom stereocenters. The number of aryl methyl sites for hydroxylation is 1. The minimum atomic E-state index is 0.587. The van der Waals surface area contributed by atoms with E-state index < -0.39 is 0 Å². The van der Waals surface area contributed by atoms with E-state index in [4.69, 9.17) is 16.0 Å². The van der Waals surface area contributed by atoms with Crippen LogP contribution in [0.3, 0.4) is 0 Å². The minimum absolute atomic E-state index is 0.587. The number of aromatic nitrogens is 3. The van der Waals surface area contributed by atoms with Crippen LogP contribution in [-0.2, 0) is 6.54 Å². The highest BCUT2D eigenvalue weighted by atomic mass is 35.5. The number of hydrogen-bond donors (Lipinski definition) is 0. The Bertz CT molecular complexity index is 971. The lowest BCUT2D eigenvalue weighted by molar-refractivity contribution is 0.620. The Morgan fingerprint density at radius 2 is 2.05 bits per heavy atom. The maximum Gasteiger partial charge on any atom is 0.227 e. The highest BCUT2D eigenvalue weighted by Gasteiger charge is 2.11. The summed E-state index contributed by atoms with van der Waals surface area (Å²) < 4.78 is 7.97. The van der Waals surface area contributed by atoms with Gasteiger partial charge in [0.25, 0.3) is 0 Å². The van der Waals surface area contributed by atoms with Crippen molar-refractivity contribution in [3.05, 3.63) is 47.7 Å². The first kappa shape index (κ1) is 13.3. The maximum absolute atomic E-state index is 5.99. The lowest BCUT2D eigenvalue weighted by Crippen LogP contribution is -1.93. The molecule has 0 aliphatic heterocycles. The van der Waals surface area contributed by atoms with Crippen LogP contribution in [0.1, 0.15) is 13.3 Å². The van der Waals surface area contributed by atoms with Gasteiger partial charge in [0.15, 0.2) is 5.58 Å². The predicted molar refractivity (Wildman–Crippen MR) is 88.0 cm³/mol. The van der Waals surface area contributed by atoms with Crippen molar-refractivity contribution in [2.75, 3.05) is 0 Å². The Hall–Kier alpha value is -2.33. The molecule has 0 radical (unpaired) electrons. The average Bonchev–Trinajstić information content (AvgIpc) is 3.11. The molecule has 0 aliphatic carbocycles. The SMILES string of the molecule is CCCn1cnc2cc(-c3nc4cc(Cl)ccc4o3)ccc21. The van der Waals surface area contributed by atoms with Crippen LogP contribution >= 0.6 is 11.6 Å². The van der Waals surface area contributed by atoms with Crippen molar-refractivity contribution in [1.29, 1.82) is 0 Å². The zero-order valence-corrected chi connectivity index (χ0v) is 12.8. The zero-order chi connectivity index (χ0) is 15.1. The van der Waals surface area contributed by atoms with E-state index in [2.05, 4.69) is 27.5 Å². The fraction of sp³-hybridized carbons (Fsp3) is 0.176. The Morgan fingerprint density at radius 1 is 1.14 bits per heavy atom. The molecule has 4 aromatic rings. The van der Waals surface area contributed by atoms with Gasteiger partial charge in [-0.3, -0.25) is 0 Å². The molecule has 2 aromatic heterocycles. The Kier molecular flexibility index (Phi) is 3.12. The number of imidazole rings is 1. The summed E-state index contributed by atoms with van der Waals surface area (Å²) in [5.41, 5.74) is 4.49. The van der Waals surface area contributed by atoms with Gasteiger partial charge in [0.1, 0.15) is 5.52 Å². The normalized spacial score (nSPS) is 11.5. The molecule has 0 amide bonds.